The van der Waals surface area contributed by atoms with Crippen LogP contribution in [0.25, 0.3) is 11.4 Å². The van der Waals surface area contributed by atoms with Crippen molar-refractivity contribution in [2.45, 2.75) is 18.9 Å². The fraction of sp³-hybridized carbons (Fsp3) is 0.375. The Balaban J connectivity index is 2.03. The summed E-state index contributed by atoms with van der Waals surface area (Å²) in [5.41, 5.74) is 2.00. The number of nitrogens with zero attached hydrogens (tertiary/aromatic N) is 4. The quantitative estimate of drug-likeness (QED) is 0.855. The topological polar surface area (TPSA) is 44.9 Å². The van der Waals surface area contributed by atoms with Gasteiger partial charge in [-0.2, -0.15) is 5.26 Å². The molecular formula is C16H17BrN4. The molecule has 0 saturated carbocycles. The molecule has 21 heavy (non-hydrogen) atoms. The lowest BCUT2D eigenvalue weighted by Crippen LogP contribution is -2.26. The maximum absolute atomic E-state index is 9.61. The van der Waals surface area contributed by atoms with Crippen molar-refractivity contribution in [1.29, 1.82) is 5.26 Å². The maximum atomic E-state index is 9.61. The van der Waals surface area contributed by atoms with Crippen LogP contribution in [-0.4, -0.2) is 27.5 Å². The smallest absolute Gasteiger partial charge is 0.141 e. The largest absolute Gasteiger partial charge is 0.328 e. The molecule has 1 aromatic heterocycles. The molecule has 1 aromatic carbocycles. The second-order valence-electron chi connectivity index (χ2n) is 5.31. The predicted octanol–water partition coefficient (Wildman–Crippen LogP) is 3.51. The van der Waals surface area contributed by atoms with E-state index in [9.17, 15) is 5.26 Å². The van der Waals surface area contributed by atoms with Crippen LogP contribution in [0.15, 0.2) is 34.9 Å². The molecule has 1 aliphatic heterocycles. The zero-order chi connectivity index (χ0) is 14.8. The van der Waals surface area contributed by atoms with Crippen molar-refractivity contribution < 1.29 is 0 Å². The summed E-state index contributed by atoms with van der Waals surface area (Å²) in [6.45, 7) is 1.97. The van der Waals surface area contributed by atoms with Crippen LogP contribution in [0.4, 0.5) is 0 Å². The molecule has 0 N–H and O–H groups in total. The number of halogens is 1. The molecule has 108 valence electrons. The number of benzene rings is 1. The van der Waals surface area contributed by atoms with Crippen LogP contribution in [0.1, 0.15) is 24.6 Å². The van der Waals surface area contributed by atoms with Gasteiger partial charge in [0.1, 0.15) is 16.5 Å². The van der Waals surface area contributed by atoms with Crippen LogP contribution in [0.3, 0.4) is 0 Å². The molecule has 5 heteroatoms. The van der Waals surface area contributed by atoms with Crippen molar-refractivity contribution in [3.63, 3.8) is 0 Å². The molecule has 1 unspecified atom stereocenters. The van der Waals surface area contributed by atoms with Crippen LogP contribution in [-0.2, 0) is 7.05 Å². The van der Waals surface area contributed by atoms with E-state index in [1.807, 2.05) is 41.9 Å². The SMILES string of the molecule is Cn1c(-c2ccccc2)nc(Br)c1C(C#N)N1CCCC1. The van der Waals surface area contributed by atoms with Gasteiger partial charge < -0.3 is 4.57 Å². The Morgan fingerprint density at radius 2 is 1.90 bits per heavy atom. The molecular weight excluding hydrogens is 328 g/mol. The molecule has 0 radical (unpaired) electrons. The molecule has 1 atom stereocenters. The van der Waals surface area contributed by atoms with Crippen LogP contribution in [0, 0.1) is 11.3 Å². The van der Waals surface area contributed by atoms with E-state index in [0.717, 1.165) is 34.8 Å². The number of hydrogen-bond acceptors (Lipinski definition) is 3. The van der Waals surface area contributed by atoms with Crippen LogP contribution >= 0.6 is 15.9 Å². The van der Waals surface area contributed by atoms with E-state index in [0.29, 0.717) is 0 Å². The third-order valence-corrected chi connectivity index (χ3v) is 4.60. The Labute approximate surface area is 133 Å². The highest BCUT2D eigenvalue weighted by atomic mass is 79.9. The summed E-state index contributed by atoms with van der Waals surface area (Å²) >= 11 is 3.54. The highest BCUT2D eigenvalue weighted by Gasteiger charge is 2.29. The molecule has 0 amide bonds. The number of imidazole rings is 1. The monoisotopic (exact) mass is 344 g/mol. The van der Waals surface area contributed by atoms with E-state index in [1.165, 1.54) is 12.8 Å². The van der Waals surface area contributed by atoms with Gasteiger partial charge in [0, 0.05) is 12.6 Å². The fourth-order valence-corrected chi connectivity index (χ4v) is 3.59. The normalized spacial score (nSPS) is 16.8. The molecule has 4 nitrogen and oxygen atoms in total. The van der Waals surface area contributed by atoms with E-state index in [1.54, 1.807) is 0 Å². The highest BCUT2D eigenvalue weighted by Crippen LogP contribution is 2.33. The van der Waals surface area contributed by atoms with Gasteiger partial charge in [0.05, 0.1) is 11.8 Å². The lowest BCUT2D eigenvalue weighted by Gasteiger charge is -2.22. The minimum atomic E-state index is -0.239. The third kappa shape index (κ3) is 2.61. The van der Waals surface area contributed by atoms with Crippen LogP contribution < -0.4 is 0 Å². The van der Waals surface area contributed by atoms with Crippen LogP contribution in [0.5, 0.6) is 0 Å². The minimum Gasteiger partial charge on any atom is -0.328 e. The van der Waals surface area contributed by atoms with E-state index in [2.05, 4.69) is 31.9 Å². The van der Waals surface area contributed by atoms with Gasteiger partial charge in [-0.1, -0.05) is 30.3 Å². The number of likely N-dealkylation sites (tertiary alicyclic amines) is 1. The van der Waals surface area contributed by atoms with Crippen molar-refractivity contribution in [2.24, 2.45) is 7.05 Å². The average molecular weight is 345 g/mol. The van der Waals surface area contributed by atoms with Gasteiger partial charge in [-0.15, -0.1) is 0 Å². The van der Waals surface area contributed by atoms with Crippen molar-refractivity contribution >= 4 is 15.9 Å². The predicted molar refractivity (Wildman–Crippen MR) is 85.5 cm³/mol. The molecule has 1 saturated heterocycles. The van der Waals surface area contributed by atoms with Gasteiger partial charge in [0.15, 0.2) is 0 Å². The second-order valence-corrected chi connectivity index (χ2v) is 6.06. The van der Waals surface area contributed by atoms with Crippen molar-refractivity contribution in [2.75, 3.05) is 13.1 Å². The molecule has 3 rings (SSSR count). The van der Waals surface area contributed by atoms with Gasteiger partial charge in [-0.3, -0.25) is 4.90 Å². The first-order chi connectivity index (χ1) is 10.2. The van der Waals surface area contributed by atoms with E-state index in [-0.39, 0.29) is 6.04 Å². The van der Waals surface area contributed by atoms with Gasteiger partial charge in [-0.25, -0.2) is 4.98 Å². The number of aromatic nitrogens is 2. The van der Waals surface area contributed by atoms with Crippen molar-refractivity contribution in [1.82, 2.24) is 14.5 Å². The number of rotatable bonds is 3. The minimum absolute atomic E-state index is 0.239. The molecule has 1 fully saturated rings. The Kier molecular flexibility index (Phi) is 4.09. The van der Waals surface area contributed by atoms with Crippen molar-refractivity contribution in [3.8, 4) is 17.5 Å². The molecule has 0 bridgehead atoms. The fourth-order valence-electron chi connectivity index (χ4n) is 2.93. The van der Waals surface area contributed by atoms with Gasteiger partial charge in [-0.05, 0) is 41.9 Å². The Hall–Kier alpha value is -1.64. The molecule has 0 spiro atoms. The zero-order valence-electron chi connectivity index (χ0n) is 12.0. The Morgan fingerprint density at radius 1 is 1.24 bits per heavy atom. The standard InChI is InChI=1S/C16H17BrN4/c1-20-14(13(11-18)21-9-5-6-10-21)15(17)19-16(20)12-7-3-2-4-8-12/h2-4,7-8,13H,5-6,9-10H2,1H3. The summed E-state index contributed by atoms with van der Waals surface area (Å²) in [5, 5.41) is 9.61. The summed E-state index contributed by atoms with van der Waals surface area (Å²) in [4.78, 5) is 6.86. The van der Waals surface area contributed by atoms with Gasteiger partial charge in [0.2, 0.25) is 0 Å². The van der Waals surface area contributed by atoms with Gasteiger partial charge >= 0.3 is 0 Å². The first-order valence-electron chi connectivity index (χ1n) is 7.13. The van der Waals surface area contributed by atoms with E-state index >= 15 is 0 Å². The zero-order valence-corrected chi connectivity index (χ0v) is 13.5. The highest BCUT2D eigenvalue weighted by molar-refractivity contribution is 9.10. The molecule has 1 aliphatic rings. The third-order valence-electron chi connectivity index (χ3n) is 4.01. The number of nitriles is 1. The first kappa shape index (κ1) is 14.3. The lowest BCUT2D eigenvalue weighted by atomic mass is 10.2. The molecule has 2 aromatic rings. The average Bonchev–Trinajstić information content (AvgIpc) is 3.12. The summed E-state index contributed by atoms with van der Waals surface area (Å²) in [5.74, 6) is 0.886. The maximum Gasteiger partial charge on any atom is 0.141 e. The van der Waals surface area contributed by atoms with Crippen LogP contribution in [0.2, 0.25) is 0 Å². The summed E-state index contributed by atoms with van der Waals surface area (Å²) in [7, 11) is 1.98. The van der Waals surface area contributed by atoms with E-state index < -0.39 is 0 Å². The number of hydrogen-bond donors (Lipinski definition) is 0. The Bertz CT molecular complexity index is 666. The first-order valence-corrected chi connectivity index (χ1v) is 7.93. The summed E-state index contributed by atoms with van der Waals surface area (Å²) in [6.07, 6.45) is 2.33. The van der Waals surface area contributed by atoms with Crippen molar-refractivity contribution in [3.05, 3.63) is 40.6 Å². The Morgan fingerprint density at radius 3 is 2.52 bits per heavy atom. The van der Waals surface area contributed by atoms with Gasteiger partial charge in [0.25, 0.3) is 0 Å². The summed E-state index contributed by atoms with van der Waals surface area (Å²) in [6, 6.07) is 12.3. The second kappa shape index (κ2) is 6.00. The van der Waals surface area contributed by atoms with E-state index in [4.69, 9.17) is 0 Å². The lowest BCUT2D eigenvalue weighted by molar-refractivity contribution is 0.285. The molecule has 2 heterocycles. The summed E-state index contributed by atoms with van der Waals surface area (Å²) < 4.78 is 2.80. The molecule has 0 aliphatic carbocycles.